The third-order valence-corrected chi connectivity index (χ3v) is 6.50. The van der Waals surface area contributed by atoms with Gasteiger partial charge in [0, 0.05) is 23.4 Å². The van der Waals surface area contributed by atoms with Gasteiger partial charge < -0.3 is 24.4 Å². The topological polar surface area (TPSA) is 94.2 Å². The minimum atomic E-state index is -0.637. The van der Waals surface area contributed by atoms with Crippen LogP contribution >= 0.6 is 11.3 Å². The quantitative estimate of drug-likeness (QED) is 0.518. The molecule has 0 aliphatic heterocycles. The Hall–Kier alpha value is -3.07. The zero-order chi connectivity index (χ0) is 25.6. The van der Waals surface area contributed by atoms with E-state index in [1.54, 1.807) is 52.9 Å². The van der Waals surface area contributed by atoms with Gasteiger partial charge in [0.1, 0.15) is 5.00 Å². The summed E-state index contributed by atoms with van der Waals surface area (Å²) in [5.41, 5.74) is 1.25. The Morgan fingerprint density at radius 3 is 2.26 bits per heavy atom. The molecule has 0 aliphatic rings. The molecule has 0 spiro atoms. The number of hydrogen-bond donors (Lipinski definition) is 1. The summed E-state index contributed by atoms with van der Waals surface area (Å²) in [6.07, 6.45) is 0. The number of anilines is 1. The molecule has 0 saturated carbocycles. The molecular weight excluding hydrogens is 456 g/mol. The molecule has 1 aromatic carbocycles. The van der Waals surface area contributed by atoms with E-state index in [1.165, 1.54) is 11.3 Å². The van der Waals surface area contributed by atoms with E-state index in [-0.39, 0.29) is 17.4 Å². The highest BCUT2D eigenvalue weighted by molar-refractivity contribution is 7.16. The lowest BCUT2D eigenvalue weighted by atomic mass is 9.96. The van der Waals surface area contributed by atoms with Gasteiger partial charge in [-0.15, -0.1) is 11.3 Å². The van der Waals surface area contributed by atoms with Gasteiger partial charge in [-0.05, 0) is 44.0 Å². The van der Waals surface area contributed by atoms with Crippen molar-refractivity contribution in [3.8, 4) is 11.5 Å². The first kappa shape index (κ1) is 27.2. The third kappa shape index (κ3) is 6.50. The first-order valence-electron chi connectivity index (χ1n) is 11.0. The van der Waals surface area contributed by atoms with Gasteiger partial charge in [0.25, 0.3) is 5.91 Å². The number of methoxy groups -OCH3 is 2. The average Bonchev–Trinajstić information content (AvgIpc) is 3.07. The molecule has 8 nitrogen and oxygen atoms in total. The SMILES string of the molecule is CCN(Cc1ccc(OC)c(OC)c1)C(=O)COC(=O)c1c(NC(=O)C(C)(C)C)sc(C)c1C. The Morgan fingerprint density at radius 2 is 1.71 bits per heavy atom. The molecule has 0 unspecified atom stereocenters. The third-order valence-electron chi connectivity index (χ3n) is 5.38. The molecule has 0 bridgehead atoms. The predicted octanol–water partition coefficient (Wildman–Crippen LogP) is 4.57. The minimum Gasteiger partial charge on any atom is -0.493 e. The molecule has 0 atom stereocenters. The second-order valence-corrected chi connectivity index (χ2v) is 10.1. The van der Waals surface area contributed by atoms with E-state index in [0.29, 0.717) is 29.6 Å². The summed E-state index contributed by atoms with van der Waals surface area (Å²) in [4.78, 5) is 40.6. The van der Waals surface area contributed by atoms with Gasteiger partial charge in [0.15, 0.2) is 18.1 Å². The van der Waals surface area contributed by atoms with Crippen molar-refractivity contribution in [1.29, 1.82) is 0 Å². The van der Waals surface area contributed by atoms with Gasteiger partial charge in [-0.2, -0.15) is 0 Å². The number of nitrogens with one attached hydrogen (secondary N) is 1. The zero-order valence-corrected chi connectivity index (χ0v) is 22.0. The molecule has 34 heavy (non-hydrogen) atoms. The number of esters is 1. The average molecular weight is 491 g/mol. The largest absolute Gasteiger partial charge is 0.493 e. The number of carbonyl (C=O) groups excluding carboxylic acids is 3. The van der Waals surface area contributed by atoms with Crippen molar-refractivity contribution in [3.63, 3.8) is 0 Å². The number of likely N-dealkylation sites (N-methyl/N-ethyl adjacent to an activating group) is 1. The Kier molecular flexibility index (Phi) is 9.09. The predicted molar refractivity (Wildman–Crippen MR) is 133 cm³/mol. The summed E-state index contributed by atoms with van der Waals surface area (Å²) >= 11 is 1.32. The van der Waals surface area contributed by atoms with Gasteiger partial charge in [0.05, 0.1) is 19.8 Å². The summed E-state index contributed by atoms with van der Waals surface area (Å²) in [5.74, 6) is 0.0106. The highest BCUT2D eigenvalue weighted by atomic mass is 32.1. The van der Waals surface area contributed by atoms with Crippen LogP contribution in [0.5, 0.6) is 11.5 Å². The second-order valence-electron chi connectivity index (χ2n) is 8.86. The maximum Gasteiger partial charge on any atom is 0.341 e. The summed E-state index contributed by atoms with van der Waals surface area (Å²) in [7, 11) is 3.11. The normalized spacial score (nSPS) is 11.1. The number of amides is 2. The molecule has 0 saturated heterocycles. The van der Waals surface area contributed by atoms with Crippen LogP contribution in [0.25, 0.3) is 0 Å². The molecule has 2 amide bonds. The Balaban J connectivity index is 2.10. The first-order chi connectivity index (χ1) is 15.9. The monoisotopic (exact) mass is 490 g/mol. The maximum absolute atomic E-state index is 12.9. The number of benzene rings is 1. The lowest BCUT2D eigenvalue weighted by Crippen LogP contribution is -2.34. The first-order valence-corrected chi connectivity index (χ1v) is 11.8. The highest BCUT2D eigenvalue weighted by Crippen LogP contribution is 2.34. The summed E-state index contributed by atoms with van der Waals surface area (Å²) in [5, 5.41) is 3.26. The molecule has 0 radical (unpaired) electrons. The van der Waals surface area contributed by atoms with Crippen molar-refractivity contribution >= 4 is 34.1 Å². The molecule has 0 aliphatic carbocycles. The second kappa shape index (κ2) is 11.4. The number of carbonyl (C=O) groups is 3. The van der Waals surface area contributed by atoms with Crippen LogP contribution in [0.3, 0.4) is 0 Å². The van der Waals surface area contributed by atoms with Crippen molar-refractivity contribution in [2.75, 3.05) is 32.7 Å². The van der Waals surface area contributed by atoms with E-state index in [9.17, 15) is 14.4 Å². The zero-order valence-electron chi connectivity index (χ0n) is 21.2. The molecule has 1 heterocycles. The van der Waals surface area contributed by atoms with Crippen molar-refractivity contribution in [2.24, 2.45) is 5.41 Å². The number of hydrogen-bond acceptors (Lipinski definition) is 7. The molecule has 2 rings (SSSR count). The molecule has 1 aromatic heterocycles. The molecule has 186 valence electrons. The molecule has 0 fully saturated rings. The van der Waals surface area contributed by atoms with Crippen molar-refractivity contribution in [1.82, 2.24) is 4.90 Å². The van der Waals surface area contributed by atoms with Crippen molar-refractivity contribution in [3.05, 3.63) is 39.8 Å². The van der Waals surface area contributed by atoms with Crippen LogP contribution in [0.4, 0.5) is 5.00 Å². The van der Waals surface area contributed by atoms with Crippen LogP contribution in [-0.2, 0) is 20.9 Å². The Labute approximate surface area is 205 Å². The van der Waals surface area contributed by atoms with Gasteiger partial charge in [-0.1, -0.05) is 26.8 Å². The van der Waals surface area contributed by atoms with E-state index >= 15 is 0 Å². The number of ether oxygens (including phenoxy) is 3. The molecular formula is C25H34N2O6S. The number of rotatable bonds is 9. The molecule has 2 aromatic rings. The minimum absolute atomic E-state index is 0.203. The van der Waals surface area contributed by atoms with E-state index < -0.39 is 18.0 Å². The van der Waals surface area contributed by atoms with Crippen LogP contribution in [0.1, 0.15) is 54.1 Å². The van der Waals surface area contributed by atoms with Gasteiger partial charge in [-0.25, -0.2) is 4.79 Å². The van der Waals surface area contributed by atoms with Crippen LogP contribution in [-0.4, -0.2) is 50.1 Å². The van der Waals surface area contributed by atoms with Crippen LogP contribution in [0.2, 0.25) is 0 Å². The van der Waals surface area contributed by atoms with Crippen molar-refractivity contribution in [2.45, 2.75) is 48.1 Å². The van der Waals surface area contributed by atoms with Crippen molar-refractivity contribution < 1.29 is 28.6 Å². The Bertz CT molecular complexity index is 1050. The molecule has 9 heteroatoms. The van der Waals surface area contributed by atoms with Crippen LogP contribution < -0.4 is 14.8 Å². The van der Waals surface area contributed by atoms with E-state index in [4.69, 9.17) is 14.2 Å². The number of nitrogens with zero attached hydrogens (tertiary/aromatic N) is 1. The fourth-order valence-electron chi connectivity index (χ4n) is 3.12. The number of thiophene rings is 1. The van der Waals surface area contributed by atoms with Crippen LogP contribution in [0.15, 0.2) is 18.2 Å². The van der Waals surface area contributed by atoms with E-state index in [2.05, 4.69) is 5.32 Å². The van der Waals surface area contributed by atoms with Gasteiger partial charge in [-0.3, -0.25) is 9.59 Å². The fraction of sp³-hybridized carbons (Fsp3) is 0.480. The summed E-state index contributed by atoms with van der Waals surface area (Å²) < 4.78 is 16.0. The summed E-state index contributed by atoms with van der Waals surface area (Å²) in [6.45, 7) is 11.3. The number of aryl methyl sites for hydroxylation is 1. The van der Waals surface area contributed by atoms with Gasteiger partial charge >= 0.3 is 5.97 Å². The van der Waals surface area contributed by atoms with E-state index in [1.807, 2.05) is 26.0 Å². The van der Waals surface area contributed by atoms with Crippen LogP contribution in [0, 0.1) is 19.3 Å². The fourth-order valence-corrected chi connectivity index (χ4v) is 4.16. The van der Waals surface area contributed by atoms with Gasteiger partial charge in [0.2, 0.25) is 5.91 Å². The molecule has 1 N–H and O–H groups in total. The van der Waals surface area contributed by atoms with E-state index in [0.717, 1.165) is 16.0 Å². The Morgan fingerprint density at radius 1 is 1.06 bits per heavy atom. The lowest BCUT2D eigenvalue weighted by Gasteiger charge is -2.21. The maximum atomic E-state index is 12.9. The highest BCUT2D eigenvalue weighted by Gasteiger charge is 2.27. The summed E-state index contributed by atoms with van der Waals surface area (Å²) in [6, 6.07) is 5.44. The standard InChI is InChI=1S/C25H34N2O6S/c1-9-27(13-17-10-11-18(31-7)19(12-17)32-8)20(28)14-33-23(29)21-15(2)16(3)34-22(21)26-24(30)25(4,5)6/h10-12H,9,13-14H2,1-8H3,(H,26,30). The smallest absolute Gasteiger partial charge is 0.341 e. The lowest BCUT2D eigenvalue weighted by molar-refractivity contribution is -0.135.